The van der Waals surface area contributed by atoms with Gasteiger partial charge >= 0.3 is 6.18 Å². The lowest BCUT2D eigenvalue weighted by Gasteiger charge is -2.33. The summed E-state index contributed by atoms with van der Waals surface area (Å²) in [4.78, 5) is 16.4. The molecule has 11 heteroatoms. The van der Waals surface area contributed by atoms with Crippen LogP contribution in [0.4, 0.5) is 18.9 Å². The summed E-state index contributed by atoms with van der Waals surface area (Å²) in [5.74, 6) is -2.01. The van der Waals surface area contributed by atoms with Crippen LogP contribution in [0, 0.1) is 5.92 Å². The highest BCUT2D eigenvalue weighted by atomic mass is 32.2. The molecular weight excluding hydrogens is 403 g/mol. The first-order chi connectivity index (χ1) is 12.6. The standard InChI is InChI=1S/C16H16F3N3O3S2/c17-16(18,19)11-2-1-5-21(9-11)14(23)10-3-4-12-13(8-10)26-15-20-27(24,25)7-6-22(12)15/h3-4,8,11H,1-2,5-7,9H2/t11-/m0/s1. The zero-order chi connectivity index (χ0) is 19.4. The zero-order valence-corrected chi connectivity index (χ0v) is 15.7. The number of carbonyl (C=O) groups is 1. The van der Waals surface area contributed by atoms with Gasteiger partial charge in [-0.05, 0) is 42.8 Å². The maximum absolute atomic E-state index is 13.0. The van der Waals surface area contributed by atoms with Gasteiger partial charge < -0.3 is 9.80 Å². The van der Waals surface area contributed by atoms with Crippen LogP contribution in [-0.2, 0) is 10.0 Å². The Morgan fingerprint density at radius 3 is 2.78 bits per heavy atom. The van der Waals surface area contributed by atoms with Crippen LogP contribution in [0.25, 0.3) is 0 Å². The predicted octanol–water partition coefficient (Wildman–Crippen LogP) is 2.71. The van der Waals surface area contributed by atoms with E-state index < -0.39 is 28.0 Å². The first-order valence-electron chi connectivity index (χ1n) is 8.42. The van der Waals surface area contributed by atoms with Crippen molar-refractivity contribution in [3.8, 4) is 0 Å². The molecule has 1 saturated heterocycles. The van der Waals surface area contributed by atoms with E-state index in [4.69, 9.17) is 0 Å². The molecule has 0 unspecified atom stereocenters. The molecule has 3 heterocycles. The van der Waals surface area contributed by atoms with Crippen LogP contribution < -0.4 is 4.90 Å². The van der Waals surface area contributed by atoms with E-state index >= 15 is 0 Å². The monoisotopic (exact) mass is 419 g/mol. The highest BCUT2D eigenvalue weighted by Crippen LogP contribution is 2.42. The van der Waals surface area contributed by atoms with Crippen LogP contribution >= 0.6 is 11.8 Å². The van der Waals surface area contributed by atoms with Gasteiger partial charge in [0, 0.05) is 30.1 Å². The molecule has 1 aromatic rings. The van der Waals surface area contributed by atoms with E-state index in [0.717, 1.165) is 17.4 Å². The number of amidine groups is 1. The average molecular weight is 419 g/mol. The molecule has 0 spiro atoms. The Morgan fingerprint density at radius 2 is 2.04 bits per heavy atom. The molecule has 0 N–H and O–H groups in total. The summed E-state index contributed by atoms with van der Waals surface area (Å²) in [6, 6.07) is 4.87. The van der Waals surface area contributed by atoms with E-state index in [2.05, 4.69) is 4.40 Å². The van der Waals surface area contributed by atoms with E-state index in [1.54, 1.807) is 23.1 Å². The number of halogens is 3. The second kappa shape index (κ2) is 6.40. The summed E-state index contributed by atoms with van der Waals surface area (Å²) >= 11 is 1.15. The van der Waals surface area contributed by atoms with Gasteiger partial charge in [-0.3, -0.25) is 4.79 Å². The van der Waals surface area contributed by atoms with Crippen molar-refractivity contribution in [1.29, 1.82) is 0 Å². The number of hydrogen-bond acceptors (Lipinski definition) is 5. The fourth-order valence-electron chi connectivity index (χ4n) is 3.48. The molecule has 3 aliphatic heterocycles. The van der Waals surface area contributed by atoms with Crippen LogP contribution in [-0.4, -0.2) is 56.0 Å². The number of fused-ring (bicyclic) bond motifs is 3. The summed E-state index contributed by atoms with van der Waals surface area (Å²) < 4.78 is 66.0. The number of sulfonamides is 1. The quantitative estimate of drug-likeness (QED) is 0.700. The molecule has 0 aliphatic carbocycles. The zero-order valence-electron chi connectivity index (χ0n) is 14.1. The summed E-state index contributed by atoms with van der Waals surface area (Å²) in [7, 11) is -3.47. The predicted molar refractivity (Wildman–Crippen MR) is 95.5 cm³/mol. The summed E-state index contributed by atoms with van der Waals surface area (Å²) in [5.41, 5.74) is 1.06. The number of carbonyl (C=O) groups excluding carboxylic acids is 1. The van der Waals surface area contributed by atoms with Gasteiger partial charge in [0.15, 0.2) is 5.17 Å². The van der Waals surface area contributed by atoms with Gasteiger partial charge in [0.25, 0.3) is 15.9 Å². The van der Waals surface area contributed by atoms with E-state index in [9.17, 15) is 26.4 Å². The van der Waals surface area contributed by atoms with Gasteiger partial charge in [-0.2, -0.15) is 13.2 Å². The topological polar surface area (TPSA) is 70.0 Å². The third kappa shape index (κ3) is 3.54. The number of anilines is 1. The smallest absolute Gasteiger partial charge is 0.338 e. The highest BCUT2D eigenvalue weighted by molar-refractivity contribution is 8.15. The number of benzene rings is 1. The molecule has 6 nitrogen and oxygen atoms in total. The van der Waals surface area contributed by atoms with E-state index in [-0.39, 0.29) is 25.3 Å². The highest BCUT2D eigenvalue weighted by Gasteiger charge is 2.43. The fourth-order valence-corrected chi connectivity index (χ4v) is 5.77. The molecule has 4 rings (SSSR count). The Hall–Kier alpha value is -1.75. The minimum atomic E-state index is -4.31. The molecule has 1 atom stereocenters. The molecule has 27 heavy (non-hydrogen) atoms. The SMILES string of the molecule is O=C(c1ccc2c(c1)SC1=NS(=O)(=O)CCN12)N1CCC[C@H](C(F)(F)F)C1. The van der Waals surface area contributed by atoms with Gasteiger partial charge in [0.2, 0.25) is 0 Å². The molecular formula is C16H16F3N3O3S2. The number of thioether (sulfide) groups is 1. The van der Waals surface area contributed by atoms with Crippen molar-refractivity contribution < 1.29 is 26.4 Å². The van der Waals surface area contributed by atoms with Gasteiger partial charge in [0.05, 0.1) is 17.4 Å². The third-order valence-corrected chi connectivity index (χ3v) is 7.20. The maximum Gasteiger partial charge on any atom is 0.393 e. The van der Waals surface area contributed by atoms with Crippen molar-refractivity contribution in [2.24, 2.45) is 10.3 Å². The Morgan fingerprint density at radius 1 is 1.26 bits per heavy atom. The Bertz CT molecular complexity index is 931. The molecule has 0 radical (unpaired) electrons. The van der Waals surface area contributed by atoms with Gasteiger partial charge in [0.1, 0.15) is 0 Å². The third-order valence-electron chi connectivity index (χ3n) is 4.89. The summed E-state index contributed by atoms with van der Waals surface area (Å²) in [6.07, 6.45) is -3.95. The van der Waals surface area contributed by atoms with Gasteiger partial charge in [-0.1, -0.05) is 0 Å². The van der Waals surface area contributed by atoms with Gasteiger partial charge in [-0.25, -0.2) is 8.42 Å². The van der Waals surface area contributed by atoms with Crippen LogP contribution in [0.15, 0.2) is 27.5 Å². The normalized spacial score (nSPS) is 24.3. The largest absolute Gasteiger partial charge is 0.393 e. The fraction of sp³-hybridized carbons (Fsp3) is 0.500. The van der Waals surface area contributed by atoms with Crippen molar-refractivity contribution in [3.63, 3.8) is 0 Å². The number of likely N-dealkylation sites (tertiary alicyclic amines) is 1. The lowest BCUT2D eigenvalue weighted by Crippen LogP contribution is -2.44. The van der Waals surface area contributed by atoms with Crippen LogP contribution in [0.1, 0.15) is 23.2 Å². The number of alkyl halides is 3. The molecule has 0 aromatic heterocycles. The Labute approximate surface area is 158 Å². The van der Waals surface area contributed by atoms with Crippen LogP contribution in [0.2, 0.25) is 0 Å². The second-order valence-electron chi connectivity index (χ2n) is 6.73. The van der Waals surface area contributed by atoms with Crippen molar-refractivity contribution in [2.75, 3.05) is 30.3 Å². The van der Waals surface area contributed by atoms with Crippen molar-refractivity contribution in [3.05, 3.63) is 23.8 Å². The van der Waals surface area contributed by atoms with Crippen molar-refractivity contribution in [2.45, 2.75) is 23.9 Å². The molecule has 1 aromatic carbocycles. The number of hydrogen-bond donors (Lipinski definition) is 0. The lowest BCUT2D eigenvalue weighted by molar-refractivity contribution is -0.184. The first kappa shape index (κ1) is 18.6. The minimum Gasteiger partial charge on any atom is -0.338 e. The van der Waals surface area contributed by atoms with Crippen LogP contribution in [0.5, 0.6) is 0 Å². The average Bonchev–Trinajstić information content (AvgIpc) is 2.95. The van der Waals surface area contributed by atoms with Gasteiger partial charge in [-0.15, -0.1) is 4.40 Å². The molecule has 3 aliphatic rings. The summed E-state index contributed by atoms with van der Waals surface area (Å²) in [5, 5.41) is 0.343. The lowest BCUT2D eigenvalue weighted by atomic mass is 9.97. The van der Waals surface area contributed by atoms with E-state index in [1.807, 2.05) is 0 Å². The van der Waals surface area contributed by atoms with Crippen LogP contribution in [0.3, 0.4) is 0 Å². The number of amides is 1. The number of nitrogens with zero attached hydrogens (tertiary/aromatic N) is 3. The summed E-state index contributed by atoms with van der Waals surface area (Å²) in [6.45, 7) is 0.254. The molecule has 1 fully saturated rings. The second-order valence-corrected chi connectivity index (χ2v) is 9.49. The van der Waals surface area contributed by atoms with E-state index in [1.165, 1.54) is 4.90 Å². The number of rotatable bonds is 1. The molecule has 0 saturated carbocycles. The maximum atomic E-state index is 13.0. The molecule has 1 amide bonds. The van der Waals surface area contributed by atoms with E-state index in [0.29, 0.717) is 28.6 Å². The minimum absolute atomic E-state index is 0.0383. The van der Waals surface area contributed by atoms with Crippen molar-refractivity contribution >= 4 is 38.5 Å². The Balaban J connectivity index is 1.56. The molecule has 146 valence electrons. The Kier molecular flexibility index (Phi) is 4.41. The first-order valence-corrected chi connectivity index (χ1v) is 10.8. The van der Waals surface area contributed by atoms with Crippen molar-refractivity contribution in [1.82, 2.24) is 4.90 Å². The number of piperidine rings is 1. The molecule has 0 bridgehead atoms.